The Morgan fingerprint density at radius 2 is 1.89 bits per heavy atom. The maximum Gasteiger partial charge on any atom is 0.239 e. The van der Waals surface area contributed by atoms with Gasteiger partial charge in [-0.3, -0.25) is 19.5 Å². The summed E-state index contributed by atoms with van der Waals surface area (Å²) >= 11 is 0. The Hall–Kier alpha value is -1.95. The lowest BCUT2D eigenvalue weighted by Gasteiger charge is -2.48. The summed E-state index contributed by atoms with van der Waals surface area (Å²) in [7, 11) is 2.03. The smallest absolute Gasteiger partial charge is 0.239 e. The normalized spacial score (nSPS) is 20.6. The van der Waals surface area contributed by atoms with Crippen LogP contribution in [0.1, 0.15) is 51.5 Å². The van der Waals surface area contributed by atoms with Crippen LogP contribution in [0, 0.1) is 5.41 Å². The molecule has 0 radical (unpaired) electrons. The highest BCUT2D eigenvalue weighted by atomic mass is 16.2. The van der Waals surface area contributed by atoms with Crippen molar-refractivity contribution >= 4 is 11.8 Å². The highest BCUT2D eigenvalue weighted by Crippen LogP contribution is 2.40. The van der Waals surface area contributed by atoms with Crippen molar-refractivity contribution < 1.29 is 9.59 Å². The van der Waals surface area contributed by atoms with E-state index in [1.54, 1.807) is 12.4 Å². The molecule has 0 aliphatic carbocycles. The molecule has 1 atom stereocenters. The molecule has 0 N–H and O–H groups in total. The lowest BCUT2D eigenvalue weighted by Crippen LogP contribution is -2.54. The second-order valence-electron chi connectivity index (χ2n) is 8.43. The predicted molar refractivity (Wildman–Crippen MR) is 110 cm³/mol. The van der Waals surface area contributed by atoms with Gasteiger partial charge in [-0.25, -0.2) is 0 Å². The van der Waals surface area contributed by atoms with Gasteiger partial charge in [-0.05, 0) is 62.4 Å². The van der Waals surface area contributed by atoms with E-state index in [9.17, 15) is 9.59 Å². The first kappa shape index (κ1) is 20.8. The first-order chi connectivity index (χ1) is 13.5. The Morgan fingerprint density at radius 1 is 1.21 bits per heavy atom. The molecule has 6 nitrogen and oxygen atoms in total. The van der Waals surface area contributed by atoms with Gasteiger partial charge >= 0.3 is 0 Å². The molecule has 2 fully saturated rings. The van der Waals surface area contributed by atoms with E-state index in [-0.39, 0.29) is 23.3 Å². The lowest BCUT2D eigenvalue weighted by molar-refractivity contribution is -0.145. The standard InChI is InChI=1S/C22H34N4O2/c1-4-19(24(3)5-2)21(28)25-14-10-22(11-15-25)9-6-20(27)26(17-22)16-18-7-12-23-13-8-18/h7-8,12-13,19H,4-6,9-11,14-17H2,1-3H3. The van der Waals surface area contributed by atoms with E-state index in [2.05, 4.69) is 28.6 Å². The lowest BCUT2D eigenvalue weighted by atomic mass is 9.72. The zero-order valence-corrected chi connectivity index (χ0v) is 17.6. The van der Waals surface area contributed by atoms with Gasteiger partial charge < -0.3 is 9.80 Å². The maximum absolute atomic E-state index is 13.0. The fourth-order valence-corrected chi connectivity index (χ4v) is 4.67. The number of nitrogens with zero attached hydrogens (tertiary/aromatic N) is 4. The third-order valence-electron chi connectivity index (χ3n) is 6.71. The van der Waals surface area contributed by atoms with Crippen molar-refractivity contribution in [3.63, 3.8) is 0 Å². The zero-order chi connectivity index (χ0) is 20.1. The van der Waals surface area contributed by atoms with E-state index in [1.165, 1.54) is 0 Å². The van der Waals surface area contributed by atoms with E-state index in [0.29, 0.717) is 13.0 Å². The minimum atomic E-state index is -0.0184. The molecule has 2 aliphatic heterocycles. The maximum atomic E-state index is 13.0. The molecule has 0 aromatic carbocycles. The molecule has 0 bridgehead atoms. The highest BCUT2D eigenvalue weighted by molar-refractivity contribution is 5.82. The minimum Gasteiger partial charge on any atom is -0.341 e. The van der Waals surface area contributed by atoms with Crippen molar-refractivity contribution in [1.29, 1.82) is 0 Å². The van der Waals surface area contributed by atoms with Crippen molar-refractivity contribution in [3.05, 3.63) is 30.1 Å². The molecule has 3 heterocycles. The molecular weight excluding hydrogens is 352 g/mol. The number of carbonyl (C=O) groups is 2. The highest BCUT2D eigenvalue weighted by Gasteiger charge is 2.42. The van der Waals surface area contributed by atoms with Crippen LogP contribution in [0.5, 0.6) is 0 Å². The van der Waals surface area contributed by atoms with Crippen LogP contribution in [-0.2, 0) is 16.1 Å². The van der Waals surface area contributed by atoms with Gasteiger partial charge in [0.15, 0.2) is 0 Å². The summed E-state index contributed by atoms with van der Waals surface area (Å²) in [5.74, 6) is 0.513. The van der Waals surface area contributed by atoms with Gasteiger partial charge in [-0.15, -0.1) is 0 Å². The summed E-state index contributed by atoms with van der Waals surface area (Å²) in [6.45, 7) is 8.15. The Kier molecular flexibility index (Phi) is 6.70. The SMILES string of the molecule is CCC(C(=O)N1CCC2(CCC(=O)N(Cc3ccncc3)C2)CC1)N(C)CC. The Bertz CT molecular complexity index is 670. The molecule has 1 unspecified atom stereocenters. The van der Waals surface area contributed by atoms with Crippen molar-refractivity contribution in [2.75, 3.05) is 33.2 Å². The summed E-state index contributed by atoms with van der Waals surface area (Å²) in [5, 5.41) is 0. The molecule has 6 heteroatoms. The number of aromatic nitrogens is 1. The quantitative estimate of drug-likeness (QED) is 0.754. The zero-order valence-electron chi connectivity index (χ0n) is 17.6. The van der Waals surface area contributed by atoms with Gasteiger partial charge in [0.1, 0.15) is 0 Å². The molecule has 2 amide bonds. The molecule has 28 heavy (non-hydrogen) atoms. The molecule has 2 aliphatic rings. The fourth-order valence-electron chi connectivity index (χ4n) is 4.67. The number of hydrogen-bond acceptors (Lipinski definition) is 4. The Balaban J connectivity index is 1.61. The summed E-state index contributed by atoms with van der Waals surface area (Å²) < 4.78 is 0. The van der Waals surface area contributed by atoms with Gasteiger partial charge in [-0.2, -0.15) is 0 Å². The number of likely N-dealkylation sites (tertiary alicyclic amines) is 2. The van der Waals surface area contributed by atoms with Crippen molar-refractivity contribution in [2.24, 2.45) is 5.41 Å². The summed E-state index contributed by atoms with van der Waals surface area (Å²) in [6.07, 6.45) is 7.96. The molecule has 1 aromatic heterocycles. The number of piperidine rings is 2. The van der Waals surface area contributed by atoms with Crippen LogP contribution in [0.25, 0.3) is 0 Å². The van der Waals surface area contributed by atoms with E-state index in [1.807, 2.05) is 24.1 Å². The number of hydrogen-bond donors (Lipinski definition) is 0. The topological polar surface area (TPSA) is 56.8 Å². The monoisotopic (exact) mass is 386 g/mol. The molecule has 2 saturated heterocycles. The summed E-state index contributed by atoms with van der Waals surface area (Å²) in [5.41, 5.74) is 1.29. The number of likely N-dealkylation sites (N-methyl/N-ethyl adjacent to an activating group) is 1. The molecule has 3 rings (SSSR count). The van der Waals surface area contributed by atoms with Crippen LogP contribution in [0.3, 0.4) is 0 Å². The molecular formula is C22H34N4O2. The van der Waals surface area contributed by atoms with Crippen LogP contribution >= 0.6 is 0 Å². The van der Waals surface area contributed by atoms with Crippen LogP contribution in [0.15, 0.2) is 24.5 Å². The number of rotatable bonds is 6. The van der Waals surface area contributed by atoms with Crippen molar-refractivity contribution in [1.82, 2.24) is 19.7 Å². The van der Waals surface area contributed by atoms with Crippen molar-refractivity contribution in [2.45, 2.75) is 58.5 Å². The van der Waals surface area contributed by atoms with Gasteiger partial charge in [-0.1, -0.05) is 13.8 Å². The first-order valence-electron chi connectivity index (χ1n) is 10.6. The van der Waals surface area contributed by atoms with E-state index in [0.717, 1.165) is 57.4 Å². The summed E-state index contributed by atoms with van der Waals surface area (Å²) in [4.78, 5) is 35.7. The second kappa shape index (κ2) is 9.03. The largest absolute Gasteiger partial charge is 0.341 e. The molecule has 154 valence electrons. The summed E-state index contributed by atoms with van der Waals surface area (Å²) in [6, 6.07) is 3.94. The van der Waals surface area contributed by atoms with E-state index >= 15 is 0 Å². The Labute approximate surface area is 168 Å². The molecule has 1 aromatic rings. The van der Waals surface area contributed by atoms with Gasteiger partial charge in [0.05, 0.1) is 6.04 Å². The molecule has 0 saturated carbocycles. The third-order valence-corrected chi connectivity index (χ3v) is 6.71. The predicted octanol–water partition coefficient (Wildman–Crippen LogP) is 2.54. The second-order valence-corrected chi connectivity index (χ2v) is 8.43. The number of pyridine rings is 1. The number of amides is 2. The van der Waals surface area contributed by atoms with E-state index in [4.69, 9.17) is 0 Å². The van der Waals surface area contributed by atoms with Crippen LogP contribution in [0.4, 0.5) is 0 Å². The van der Waals surface area contributed by atoms with E-state index < -0.39 is 0 Å². The minimum absolute atomic E-state index is 0.0184. The third kappa shape index (κ3) is 4.54. The average Bonchev–Trinajstić information content (AvgIpc) is 2.72. The molecule has 1 spiro atoms. The van der Waals surface area contributed by atoms with Crippen molar-refractivity contribution in [3.8, 4) is 0 Å². The fraction of sp³-hybridized carbons (Fsp3) is 0.682. The van der Waals surface area contributed by atoms with Crippen LogP contribution in [0.2, 0.25) is 0 Å². The van der Waals surface area contributed by atoms with Gasteiger partial charge in [0, 0.05) is 45.0 Å². The number of carbonyl (C=O) groups excluding carboxylic acids is 2. The average molecular weight is 387 g/mol. The van der Waals surface area contributed by atoms with Crippen LogP contribution in [-0.4, -0.2) is 70.8 Å². The van der Waals surface area contributed by atoms with Gasteiger partial charge in [0.2, 0.25) is 11.8 Å². The Morgan fingerprint density at radius 3 is 2.50 bits per heavy atom. The first-order valence-corrected chi connectivity index (χ1v) is 10.6. The van der Waals surface area contributed by atoms with Crippen LogP contribution < -0.4 is 0 Å². The van der Waals surface area contributed by atoms with Gasteiger partial charge in [0.25, 0.3) is 0 Å².